The van der Waals surface area contributed by atoms with Crippen LogP contribution in [0, 0.1) is 5.92 Å². The van der Waals surface area contributed by atoms with Crippen LogP contribution in [0.4, 0.5) is 0 Å². The van der Waals surface area contributed by atoms with E-state index in [0.717, 1.165) is 19.5 Å². The molecule has 1 atom stereocenters. The van der Waals surface area contributed by atoms with Gasteiger partial charge in [0.1, 0.15) is 0 Å². The fourth-order valence-corrected chi connectivity index (χ4v) is 1.84. The van der Waals surface area contributed by atoms with Crippen molar-refractivity contribution in [3.8, 4) is 0 Å². The third kappa shape index (κ3) is 5.14. The second-order valence-corrected chi connectivity index (χ2v) is 4.35. The molecule has 4 nitrogen and oxygen atoms in total. The Balaban J connectivity index is 1.90. The summed E-state index contributed by atoms with van der Waals surface area (Å²) in [5.41, 5.74) is 0. The van der Waals surface area contributed by atoms with E-state index < -0.39 is 5.97 Å². The van der Waals surface area contributed by atoms with Gasteiger partial charge in [0.15, 0.2) is 0 Å². The highest BCUT2D eigenvalue weighted by molar-refractivity contribution is 5.69. The molecule has 0 aromatic carbocycles. The second kappa shape index (κ2) is 6.80. The van der Waals surface area contributed by atoms with Crippen molar-refractivity contribution in [3.05, 3.63) is 0 Å². The summed E-state index contributed by atoms with van der Waals surface area (Å²) in [6, 6.07) is 0. The van der Waals surface area contributed by atoms with Crippen LogP contribution >= 0.6 is 0 Å². The molecule has 1 aliphatic heterocycles. The van der Waals surface area contributed by atoms with E-state index in [9.17, 15) is 4.79 Å². The van der Waals surface area contributed by atoms with Gasteiger partial charge >= 0.3 is 5.97 Å². The van der Waals surface area contributed by atoms with Crippen LogP contribution in [-0.4, -0.2) is 48.7 Å². The largest absolute Gasteiger partial charge is 0.481 e. The van der Waals surface area contributed by atoms with E-state index in [4.69, 9.17) is 5.11 Å². The molecule has 0 saturated carbocycles. The SMILES string of the molecule is CC(CNCCCN1CCCC1)C(=O)O. The number of hydrogen-bond donors (Lipinski definition) is 2. The number of aliphatic carboxylic acids is 1. The minimum atomic E-state index is -0.720. The van der Waals surface area contributed by atoms with E-state index in [2.05, 4.69) is 10.2 Å². The Morgan fingerprint density at radius 2 is 2.13 bits per heavy atom. The Morgan fingerprint density at radius 3 is 2.73 bits per heavy atom. The quantitative estimate of drug-likeness (QED) is 0.615. The van der Waals surface area contributed by atoms with Crippen LogP contribution < -0.4 is 5.32 Å². The lowest BCUT2D eigenvalue weighted by Gasteiger charge is -2.14. The van der Waals surface area contributed by atoms with Gasteiger partial charge in [-0.2, -0.15) is 0 Å². The fraction of sp³-hybridized carbons (Fsp3) is 0.909. The molecule has 0 bridgehead atoms. The van der Waals surface area contributed by atoms with E-state index in [1.165, 1.54) is 25.9 Å². The van der Waals surface area contributed by atoms with Crippen LogP contribution in [0.25, 0.3) is 0 Å². The van der Waals surface area contributed by atoms with Crippen LogP contribution in [0.2, 0.25) is 0 Å². The number of hydrogen-bond acceptors (Lipinski definition) is 3. The molecule has 0 amide bonds. The Morgan fingerprint density at radius 1 is 1.47 bits per heavy atom. The molecule has 0 aromatic rings. The summed E-state index contributed by atoms with van der Waals surface area (Å²) in [5, 5.41) is 11.8. The van der Waals surface area contributed by atoms with E-state index in [0.29, 0.717) is 6.54 Å². The zero-order chi connectivity index (χ0) is 11.1. The third-order valence-corrected chi connectivity index (χ3v) is 2.90. The molecule has 1 unspecified atom stereocenters. The molecule has 1 saturated heterocycles. The van der Waals surface area contributed by atoms with E-state index in [1.807, 2.05) is 0 Å². The molecule has 15 heavy (non-hydrogen) atoms. The molecule has 0 aliphatic carbocycles. The molecule has 4 heteroatoms. The number of rotatable bonds is 7. The first-order valence-corrected chi connectivity index (χ1v) is 5.86. The number of likely N-dealkylation sites (tertiary alicyclic amines) is 1. The van der Waals surface area contributed by atoms with E-state index in [-0.39, 0.29) is 5.92 Å². The van der Waals surface area contributed by atoms with Crippen molar-refractivity contribution in [1.29, 1.82) is 0 Å². The molecule has 1 aliphatic rings. The number of nitrogens with zero attached hydrogens (tertiary/aromatic N) is 1. The summed E-state index contributed by atoms with van der Waals surface area (Å²) in [4.78, 5) is 13.0. The molecule has 1 fully saturated rings. The van der Waals surface area contributed by atoms with Gasteiger partial charge in [0.25, 0.3) is 0 Å². The molecule has 88 valence electrons. The predicted octanol–water partition coefficient (Wildman–Crippen LogP) is 0.783. The zero-order valence-electron chi connectivity index (χ0n) is 9.54. The van der Waals surface area contributed by atoms with Gasteiger partial charge in [0, 0.05) is 6.54 Å². The topological polar surface area (TPSA) is 52.6 Å². The van der Waals surface area contributed by atoms with Crippen LogP contribution in [0.3, 0.4) is 0 Å². The smallest absolute Gasteiger partial charge is 0.307 e. The predicted molar refractivity (Wildman–Crippen MR) is 60.0 cm³/mol. The average molecular weight is 214 g/mol. The van der Waals surface area contributed by atoms with Crippen molar-refractivity contribution < 1.29 is 9.90 Å². The summed E-state index contributed by atoms with van der Waals surface area (Å²) in [5.74, 6) is -1.00. The third-order valence-electron chi connectivity index (χ3n) is 2.90. The second-order valence-electron chi connectivity index (χ2n) is 4.35. The van der Waals surface area contributed by atoms with Gasteiger partial charge < -0.3 is 15.3 Å². The molecule has 0 aromatic heterocycles. The monoisotopic (exact) mass is 214 g/mol. The number of carboxylic acid groups (broad SMARTS) is 1. The minimum Gasteiger partial charge on any atom is -0.481 e. The summed E-state index contributed by atoms with van der Waals surface area (Å²) in [6.07, 6.45) is 3.79. The zero-order valence-corrected chi connectivity index (χ0v) is 9.54. The van der Waals surface area contributed by atoms with Crippen molar-refractivity contribution in [1.82, 2.24) is 10.2 Å². The Hall–Kier alpha value is -0.610. The first-order valence-electron chi connectivity index (χ1n) is 5.86. The van der Waals surface area contributed by atoms with Crippen LogP contribution in [0.15, 0.2) is 0 Å². The van der Waals surface area contributed by atoms with E-state index >= 15 is 0 Å². The van der Waals surface area contributed by atoms with Crippen LogP contribution in [0.5, 0.6) is 0 Å². The minimum absolute atomic E-state index is 0.281. The number of carbonyl (C=O) groups is 1. The van der Waals surface area contributed by atoms with Gasteiger partial charge in [-0.15, -0.1) is 0 Å². The summed E-state index contributed by atoms with van der Waals surface area (Å²) in [6.45, 7) is 6.87. The molecular formula is C11H22N2O2. The Labute approximate surface area is 91.6 Å². The van der Waals surface area contributed by atoms with Gasteiger partial charge in [0.2, 0.25) is 0 Å². The van der Waals surface area contributed by atoms with Crippen molar-refractivity contribution in [2.24, 2.45) is 5.92 Å². The highest BCUT2D eigenvalue weighted by Crippen LogP contribution is 2.06. The normalized spacial score (nSPS) is 19.3. The highest BCUT2D eigenvalue weighted by Gasteiger charge is 2.11. The standard InChI is InChI=1S/C11H22N2O2/c1-10(11(14)15)9-12-5-4-8-13-6-2-3-7-13/h10,12H,2-9H2,1H3,(H,14,15). The fourth-order valence-electron chi connectivity index (χ4n) is 1.84. The molecule has 1 heterocycles. The molecule has 0 spiro atoms. The van der Waals surface area contributed by atoms with Crippen molar-refractivity contribution in [2.45, 2.75) is 26.2 Å². The maximum Gasteiger partial charge on any atom is 0.307 e. The van der Waals surface area contributed by atoms with Crippen molar-refractivity contribution >= 4 is 5.97 Å². The first-order chi connectivity index (χ1) is 7.20. The molecular weight excluding hydrogens is 192 g/mol. The molecule has 2 N–H and O–H groups in total. The molecule has 1 rings (SSSR count). The van der Waals surface area contributed by atoms with Crippen molar-refractivity contribution in [3.63, 3.8) is 0 Å². The van der Waals surface area contributed by atoms with Gasteiger partial charge in [-0.25, -0.2) is 0 Å². The number of carboxylic acids is 1. The van der Waals surface area contributed by atoms with Gasteiger partial charge in [-0.3, -0.25) is 4.79 Å². The van der Waals surface area contributed by atoms with Gasteiger partial charge in [-0.05, 0) is 45.4 Å². The lowest BCUT2D eigenvalue weighted by Crippen LogP contribution is -2.29. The number of nitrogens with one attached hydrogen (secondary N) is 1. The Kier molecular flexibility index (Phi) is 5.65. The summed E-state index contributed by atoms with van der Waals surface area (Å²) in [7, 11) is 0. The Bertz CT molecular complexity index is 191. The summed E-state index contributed by atoms with van der Waals surface area (Å²) >= 11 is 0. The highest BCUT2D eigenvalue weighted by atomic mass is 16.4. The van der Waals surface area contributed by atoms with E-state index in [1.54, 1.807) is 6.92 Å². The average Bonchev–Trinajstić information content (AvgIpc) is 2.69. The maximum absolute atomic E-state index is 10.5. The lowest BCUT2D eigenvalue weighted by molar-refractivity contribution is -0.140. The van der Waals surface area contributed by atoms with Crippen molar-refractivity contribution in [2.75, 3.05) is 32.7 Å². The van der Waals surface area contributed by atoms with Crippen LogP contribution in [-0.2, 0) is 4.79 Å². The van der Waals surface area contributed by atoms with Gasteiger partial charge in [0.05, 0.1) is 5.92 Å². The van der Waals surface area contributed by atoms with Crippen LogP contribution in [0.1, 0.15) is 26.2 Å². The first kappa shape index (κ1) is 12.5. The lowest BCUT2D eigenvalue weighted by atomic mass is 10.2. The van der Waals surface area contributed by atoms with Gasteiger partial charge in [-0.1, -0.05) is 6.92 Å². The maximum atomic E-state index is 10.5. The molecule has 0 radical (unpaired) electrons. The summed E-state index contributed by atoms with van der Waals surface area (Å²) < 4.78 is 0.